The molecule has 0 amide bonds. The molecule has 0 aromatic carbocycles. The molecular weight excluding hydrogens is 190 g/mol. The summed E-state index contributed by atoms with van der Waals surface area (Å²) >= 11 is 0. The summed E-state index contributed by atoms with van der Waals surface area (Å²) in [4.78, 5) is 14.0. The van der Waals surface area contributed by atoms with Crippen molar-refractivity contribution in [2.24, 2.45) is 5.92 Å². The van der Waals surface area contributed by atoms with E-state index in [1.54, 1.807) is 0 Å². The third kappa shape index (κ3) is 3.49. The largest absolute Gasteiger partial charge is 0.468 e. The maximum atomic E-state index is 11.7. The average molecular weight is 213 g/mol. The molecule has 0 aromatic rings. The molecule has 0 unspecified atom stereocenters. The van der Waals surface area contributed by atoms with E-state index in [2.05, 4.69) is 18.7 Å². The quantitative estimate of drug-likeness (QED) is 0.672. The molecule has 0 radical (unpaired) electrons. The number of esters is 1. The second kappa shape index (κ2) is 6.11. The SMILES string of the molecule is COC(=O)[C@H](C(C)C)N1CCCCCC1. The maximum Gasteiger partial charge on any atom is 0.323 e. The first-order chi connectivity index (χ1) is 7.16. The Morgan fingerprint density at radius 1 is 1.13 bits per heavy atom. The molecule has 0 spiro atoms. The smallest absolute Gasteiger partial charge is 0.323 e. The fourth-order valence-electron chi connectivity index (χ4n) is 2.34. The second-order valence-corrected chi connectivity index (χ2v) is 4.66. The molecule has 0 N–H and O–H groups in total. The predicted octanol–water partition coefficient (Wildman–Crippen LogP) is 2.06. The van der Waals surface area contributed by atoms with Gasteiger partial charge >= 0.3 is 5.97 Å². The van der Waals surface area contributed by atoms with Crippen LogP contribution in [0.15, 0.2) is 0 Å². The lowest BCUT2D eigenvalue weighted by molar-refractivity contribution is -0.148. The van der Waals surface area contributed by atoms with Crippen LogP contribution < -0.4 is 0 Å². The third-order valence-electron chi connectivity index (χ3n) is 3.11. The van der Waals surface area contributed by atoms with Crippen molar-refractivity contribution in [3.63, 3.8) is 0 Å². The van der Waals surface area contributed by atoms with Crippen molar-refractivity contribution < 1.29 is 9.53 Å². The lowest BCUT2D eigenvalue weighted by Gasteiger charge is -2.31. The Kier molecular flexibility index (Phi) is 5.09. The molecule has 3 heteroatoms. The number of likely N-dealkylation sites (tertiary alicyclic amines) is 1. The lowest BCUT2D eigenvalue weighted by atomic mass is 10.0. The molecule has 15 heavy (non-hydrogen) atoms. The van der Waals surface area contributed by atoms with Gasteiger partial charge in [0.1, 0.15) is 6.04 Å². The number of carbonyl (C=O) groups excluding carboxylic acids is 1. The van der Waals surface area contributed by atoms with Crippen LogP contribution in [0.25, 0.3) is 0 Å². The van der Waals surface area contributed by atoms with Gasteiger partial charge in [-0.1, -0.05) is 26.7 Å². The molecule has 1 atom stereocenters. The van der Waals surface area contributed by atoms with E-state index in [4.69, 9.17) is 4.74 Å². The molecule has 0 aromatic heterocycles. The predicted molar refractivity (Wildman–Crippen MR) is 60.7 cm³/mol. The number of hydrogen-bond acceptors (Lipinski definition) is 3. The van der Waals surface area contributed by atoms with E-state index in [-0.39, 0.29) is 12.0 Å². The van der Waals surface area contributed by atoms with Crippen molar-refractivity contribution in [2.45, 2.75) is 45.6 Å². The van der Waals surface area contributed by atoms with Crippen LogP contribution in [-0.2, 0) is 9.53 Å². The number of nitrogens with zero attached hydrogens (tertiary/aromatic N) is 1. The van der Waals surface area contributed by atoms with Crippen molar-refractivity contribution in [3.05, 3.63) is 0 Å². The highest BCUT2D eigenvalue weighted by Crippen LogP contribution is 2.18. The molecule has 1 aliphatic rings. The summed E-state index contributed by atoms with van der Waals surface area (Å²) in [5.41, 5.74) is 0. The van der Waals surface area contributed by atoms with Gasteiger partial charge in [0.2, 0.25) is 0 Å². The highest BCUT2D eigenvalue weighted by molar-refractivity contribution is 5.75. The van der Waals surface area contributed by atoms with Crippen molar-refractivity contribution >= 4 is 5.97 Å². The second-order valence-electron chi connectivity index (χ2n) is 4.66. The Morgan fingerprint density at radius 2 is 1.67 bits per heavy atom. The van der Waals surface area contributed by atoms with E-state index in [1.165, 1.54) is 32.8 Å². The van der Waals surface area contributed by atoms with Gasteiger partial charge < -0.3 is 4.74 Å². The topological polar surface area (TPSA) is 29.5 Å². The highest BCUT2D eigenvalue weighted by atomic mass is 16.5. The monoisotopic (exact) mass is 213 g/mol. The Morgan fingerprint density at radius 3 is 2.07 bits per heavy atom. The summed E-state index contributed by atoms with van der Waals surface area (Å²) in [5.74, 6) is 0.252. The van der Waals surface area contributed by atoms with E-state index < -0.39 is 0 Å². The van der Waals surface area contributed by atoms with Gasteiger partial charge in [0.15, 0.2) is 0 Å². The fourth-order valence-corrected chi connectivity index (χ4v) is 2.34. The Balaban J connectivity index is 2.64. The summed E-state index contributed by atoms with van der Waals surface area (Å²) in [5, 5.41) is 0. The first kappa shape index (κ1) is 12.5. The molecule has 1 fully saturated rings. The number of carbonyl (C=O) groups is 1. The molecular formula is C12H23NO2. The van der Waals surface area contributed by atoms with Crippen LogP contribution >= 0.6 is 0 Å². The molecule has 0 saturated carbocycles. The van der Waals surface area contributed by atoms with Crippen LogP contribution in [-0.4, -0.2) is 37.1 Å². The van der Waals surface area contributed by atoms with Gasteiger partial charge in [-0.3, -0.25) is 9.69 Å². The number of methoxy groups -OCH3 is 1. The standard InChI is InChI=1S/C12H23NO2/c1-10(2)11(12(14)15-3)13-8-6-4-5-7-9-13/h10-11H,4-9H2,1-3H3/t11-/m0/s1. The zero-order valence-corrected chi connectivity index (χ0v) is 10.2. The lowest BCUT2D eigenvalue weighted by Crippen LogP contribution is -2.45. The Hall–Kier alpha value is -0.570. The van der Waals surface area contributed by atoms with Crippen LogP contribution in [0.2, 0.25) is 0 Å². The van der Waals surface area contributed by atoms with Crippen molar-refractivity contribution in [2.75, 3.05) is 20.2 Å². The van der Waals surface area contributed by atoms with E-state index in [1.807, 2.05) is 0 Å². The van der Waals surface area contributed by atoms with Gasteiger partial charge in [0.05, 0.1) is 7.11 Å². The highest BCUT2D eigenvalue weighted by Gasteiger charge is 2.29. The van der Waals surface area contributed by atoms with Gasteiger partial charge in [0, 0.05) is 0 Å². The van der Waals surface area contributed by atoms with E-state index in [0.29, 0.717) is 5.92 Å². The van der Waals surface area contributed by atoms with Gasteiger partial charge in [-0.05, 0) is 31.8 Å². The summed E-state index contributed by atoms with van der Waals surface area (Å²) in [7, 11) is 1.48. The van der Waals surface area contributed by atoms with Crippen LogP contribution in [0, 0.1) is 5.92 Å². The van der Waals surface area contributed by atoms with Gasteiger partial charge in [0.25, 0.3) is 0 Å². The van der Waals surface area contributed by atoms with E-state index >= 15 is 0 Å². The molecule has 3 nitrogen and oxygen atoms in total. The molecule has 0 aliphatic carbocycles. The Labute approximate surface area is 92.8 Å². The minimum atomic E-state index is -0.0769. The maximum absolute atomic E-state index is 11.7. The molecule has 1 heterocycles. The van der Waals surface area contributed by atoms with Crippen LogP contribution in [0.1, 0.15) is 39.5 Å². The average Bonchev–Trinajstić information content (AvgIpc) is 2.46. The van der Waals surface area contributed by atoms with Crippen molar-refractivity contribution in [1.82, 2.24) is 4.90 Å². The third-order valence-corrected chi connectivity index (χ3v) is 3.11. The number of ether oxygens (including phenoxy) is 1. The summed E-state index contributed by atoms with van der Waals surface area (Å²) in [6, 6.07) is -0.0481. The normalized spacial score (nSPS) is 21.1. The van der Waals surface area contributed by atoms with Crippen molar-refractivity contribution in [1.29, 1.82) is 0 Å². The van der Waals surface area contributed by atoms with Gasteiger partial charge in [-0.25, -0.2) is 0 Å². The summed E-state index contributed by atoms with van der Waals surface area (Å²) < 4.78 is 4.89. The fraction of sp³-hybridized carbons (Fsp3) is 0.917. The molecule has 1 aliphatic heterocycles. The van der Waals surface area contributed by atoms with Gasteiger partial charge in [-0.2, -0.15) is 0 Å². The van der Waals surface area contributed by atoms with E-state index in [0.717, 1.165) is 13.1 Å². The summed E-state index contributed by atoms with van der Waals surface area (Å²) in [6.45, 7) is 6.26. The number of hydrogen-bond donors (Lipinski definition) is 0. The number of rotatable bonds is 3. The zero-order valence-electron chi connectivity index (χ0n) is 10.2. The zero-order chi connectivity index (χ0) is 11.3. The first-order valence-corrected chi connectivity index (χ1v) is 5.98. The molecule has 88 valence electrons. The first-order valence-electron chi connectivity index (χ1n) is 5.98. The molecule has 0 bridgehead atoms. The molecule has 1 saturated heterocycles. The minimum Gasteiger partial charge on any atom is -0.468 e. The molecule has 1 rings (SSSR count). The van der Waals surface area contributed by atoms with Crippen molar-refractivity contribution in [3.8, 4) is 0 Å². The summed E-state index contributed by atoms with van der Waals surface area (Å²) in [6.07, 6.45) is 5.01. The van der Waals surface area contributed by atoms with E-state index in [9.17, 15) is 4.79 Å². The Bertz CT molecular complexity index is 196. The van der Waals surface area contributed by atoms with Crippen LogP contribution in [0.4, 0.5) is 0 Å². The minimum absolute atomic E-state index is 0.0481. The van der Waals surface area contributed by atoms with Gasteiger partial charge in [-0.15, -0.1) is 0 Å². The van der Waals surface area contributed by atoms with Crippen LogP contribution in [0.3, 0.4) is 0 Å². The van der Waals surface area contributed by atoms with Crippen LogP contribution in [0.5, 0.6) is 0 Å².